The zero-order chi connectivity index (χ0) is 14.0. The highest BCUT2D eigenvalue weighted by Crippen LogP contribution is 2.15. The van der Waals surface area contributed by atoms with Gasteiger partial charge in [0, 0.05) is 11.6 Å². The van der Waals surface area contributed by atoms with E-state index in [1.165, 1.54) is 11.1 Å². The van der Waals surface area contributed by atoms with Crippen molar-refractivity contribution in [3.63, 3.8) is 0 Å². The van der Waals surface area contributed by atoms with E-state index in [1.807, 2.05) is 42.1 Å². The van der Waals surface area contributed by atoms with Gasteiger partial charge in [0.2, 0.25) is 0 Å². The van der Waals surface area contributed by atoms with E-state index >= 15 is 0 Å². The first-order valence-corrected chi connectivity index (χ1v) is 8.47. The van der Waals surface area contributed by atoms with E-state index in [0.717, 1.165) is 30.3 Å². The Morgan fingerprint density at radius 2 is 1.60 bits per heavy atom. The minimum Gasteiger partial charge on any atom is -0.494 e. The Kier molecular flexibility index (Phi) is 6.82. The molecule has 0 heterocycles. The van der Waals surface area contributed by atoms with Crippen LogP contribution in [0.4, 0.5) is 0 Å². The van der Waals surface area contributed by atoms with E-state index in [0.29, 0.717) is 5.88 Å². The Morgan fingerprint density at radius 1 is 0.900 bits per heavy atom. The third kappa shape index (κ3) is 5.48. The molecule has 0 aliphatic rings. The second-order valence-corrected chi connectivity index (χ2v) is 5.89. The fourth-order valence-corrected chi connectivity index (χ4v) is 2.85. The molecular weight excluding hydrogens is 288 g/mol. The van der Waals surface area contributed by atoms with Crippen molar-refractivity contribution in [3.8, 4) is 5.75 Å². The molecule has 0 amide bonds. The highest BCUT2D eigenvalue weighted by Gasteiger charge is 1.96. The highest BCUT2D eigenvalue weighted by atomic mass is 35.5. The molecule has 0 aliphatic heterocycles. The number of hydrogen-bond acceptors (Lipinski definition) is 2. The van der Waals surface area contributed by atoms with Gasteiger partial charge < -0.3 is 4.74 Å². The van der Waals surface area contributed by atoms with Gasteiger partial charge in [0.1, 0.15) is 5.75 Å². The van der Waals surface area contributed by atoms with Crippen molar-refractivity contribution in [3.05, 3.63) is 65.7 Å². The molecule has 20 heavy (non-hydrogen) atoms. The minimum atomic E-state index is 0.588. The molecule has 0 unspecified atom stereocenters. The average molecular weight is 307 g/mol. The normalized spacial score (nSPS) is 10.4. The van der Waals surface area contributed by atoms with Gasteiger partial charge >= 0.3 is 0 Å². The number of alkyl halides is 1. The van der Waals surface area contributed by atoms with Gasteiger partial charge in [-0.05, 0) is 35.4 Å². The predicted octanol–water partition coefficient (Wildman–Crippen LogP) is 5.13. The molecule has 0 N–H and O–H groups in total. The Labute approximate surface area is 130 Å². The van der Waals surface area contributed by atoms with Crippen molar-refractivity contribution in [2.75, 3.05) is 12.4 Å². The first-order valence-electron chi connectivity index (χ1n) is 6.78. The molecule has 0 bridgehead atoms. The third-order valence-corrected chi connectivity index (χ3v) is 4.31. The molecule has 0 saturated carbocycles. The fourth-order valence-electron chi connectivity index (χ4n) is 1.78. The maximum absolute atomic E-state index is 5.77. The second-order valence-electron chi connectivity index (χ2n) is 4.52. The average Bonchev–Trinajstić information content (AvgIpc) is 2.52. The Morgan fingerprint density at radius 3 is 2.30 bits per heavy atom. The van der Waals surface area contributed by atoms with Crippen LogP contribution in [0.3, 0.4) is 0 Å². The lowest BCUT2D eigenvalue weighted by Crippen LogP contribution is -1.98. The number of thioether (sulfide) groups is 1. The summed E-state index contributed by atoms with van der Waals surface area (Å²) in [5.74, 6) is 3.71. The molecule has 2 aromatic carbocycles. The molecule has 1 nitrogen and oxygen atoms in total. The third-order valence-electron chi connectivity index (χ3n) is 2.89. The van der Waals surface area contributed by atoms with Crippen LogP contribution in [-0.2, 0) is 11.6 Å². The SMILES string of the molecule is ClCc1ccc(CSCCCOc2ccccc2)cc1. The Balaban J connectivity index is 1.57. The van der Waals surface area contributed by atoms with Gasteiger partial charge in [0.05, 0.1) is 6.61 Å². The van der Waals surface area contributed by atoms with E-state index in [9.17, 15) is 0 Å². The Hall–Kier alpha value is -1.12. The first kappa shape index (κ1) is 15.3. The van der Waals surface area contributed by atoms with Crippen LogP contribution in [0.5, 0.6) is 5.75 Å². The van der Waals surface area contributed by atoms with Gasteiger partial charge in [-0.2, -0.15) is 11.8 Å². The lowest BCUT2D eigenvalue weighted by Gasteiger charge is -2.06. The summed E-state index contributed by atoms with van der Waals surface area (Å²) in [6.45, 7) is 0.780. The zero-order valence-electron chi connectivity index (χ0n) is 11.4. The van der Waals surface area contributed by atoms with Crippen molar-refractivity contribution >= 4 is 23.4 Å². The van der Waals surface area contributed by atoms with Crippen LogP contribution < -0.4 is 4.74 Å². The molecule has 0 saturated heterocycles. The molecule has 0 spiro atoms. The minimum absolute atomic E-state index is 0.588. The van der Waals surface area contributed by atoms with Crippen LogP contribution >= 0.6 is 23.4 Å². The maximum atomic E-state index is 5.77. The van der Waals surface area contributed by atoms with Gasteiger partial charge in [0.15, 0.2) is 0 Å². The van der Waals surface area contributed by atoms with Crippen LogP contribution in [-0.4, -0.2) is 12.4 Å². The van der Waals surface area contributed by atoms with Gasteiger partial charge in [0.25, 0.3) is 0 Å². The number of para-hydroxylation sites is 1. The predicted molar refractivity (Wildman–Crippen MR) is 88.7 cm³/mol. The lowest BCUT2D eigenvalue weighted by atomic mass is 10.2. The summed E-state index contributed by atoms with van der Waals surface area (Å²) in [6, 6.07) is 18.5. The Bertz CT molecular complexity index is 484. The molecule has 2 rings (SSSR count). The number of rotatable bonds is 8. The largest absolute Gasteiger partial charge is 0.494 e. The van der Waals surface area contributed by atoms with E-state index < -0.39 is 0 Å². The monoisotopic (exact) mass is 306 g/mol. The number of hydrogen-bond donors (Lipinski definition) is 0. The molecule has 0 fully saturated rings. The number of ether oxygens (including phenoxy) is 1. The second kappa shape index (κ2) is 8.93. The highest BCUT2D eigenvalue weighted by molar-refractivity contribution is 7.98. The smallest absolute Gasteiger partial charge is 0.119 e. The molecular formula is C17H19ClOS. The topological polar surface area (TPSA) is 9.23 Å². The van der Waals surface area contributed by atoms with E-state index in [2.05, 4.69) is 24.3 Å². The molecule has 0 aromatic heterocycles. The summed E-state index contributed by atoms with van der Waals surface area (Å²) in [6.07, 6.45) is 1.07. The maximum Gasteiger partial charge on any atom is 0.119 e. The summed E-state index contributed by atoms with van der Waals surface area (Å²) >= 11 is 7.71. The molecule has 3 heteroatoms. The van der Waals surface area contributed by atoms with Crippen molar-refractivity contribution < 1.29 is 4.74 Å². The van der Waals surface area contributed by atoms with Crippen molar-refractivity contribution in [1.82, 2.24) is 0 Å². The van der Waals surface area contributed by atoms with Gasteiger partial charge in [-0.25, -0.2) is 0 Å². The van der Waals surface area contributed by atoms with Crippen molar-refractivity contribution in [1.29, 1.82) is 0 Å². The summed E-state index contributed by atoms with van der Waals surface area (Å²) in [5.41, 5.74) is 2.53. The van der Waals surface area contributed by atoms with Gasteiger partial charge in [-0.1, -0.05) is 42.5 Å². The van der Waals surface area contributed by atoms with Crippen LogP contribution in [0.15, 0.2) is 54.6 Å². The van der Waals surface area contributed by atoms with Crippen molar-refractivity contribution in [2.45, 2.75) is 18.1 Å². The number of benzene rings is 2. The van der Waals surface area contributed by atoms with E-state index in [1.54, 1.807) is 0 Å². The van der Waals surface area contributed by atoms with Crippen LogP contribution in [0.1, 0.15) is 17.5 Å². The molecule has 0 aliphatic carbocycles. The lowest BCUT2D eigenvalue weighted by molar-refractivity contribution is 0.318. The summed E-state index contributed by atoms with van der Waals surface area (Å²) in [4.78, 5) is 0. The quantitative estimate of drug-likeness (QED) is 0.494. The zero-order valence-corrected chi connectivity index (χ0v) is 13.0. The van der Waals surface area contributed by atoms with E-state index in [-0.39, 0.29) is 0 Å². The van der Waals surface area contributed by atoms with Gasteiger partial charge in [-0.15, -0.1) is 11.6 Å². The number of halogens is 1. The summed E-state index contributed by atoms with van der Waals surface area (Å²) in [7, 11) is 0. The molecule has 2 aromatic rings. The van der Waals surface area contributed by atoms with E-state index in [4.69, 9.17) is 16.3 Å². The molecule has 0 radical (unpaired) electrons. The first-order chi connectivity index (χ1) is 9.88. The fraction of sp³-hybridized carbons (Fsp3) is 0.294. The van der Waals surface area contributed by atoms with Crippen molar-refractivity contribution in [2.24, 2.45) is 0 Å². The van der Waals surface area contributed by atoms with Crippen LogP contribution in [0.25, 0.3) is 0 Å². The molecule has 106 valence electrons. The summed E-state index contributed by atoms with van der Waals surface area (Å²) in [5, 5.41) is 0. The molecule has 0 atom stereocenters. The van der Waals surface area contributed by atoms with Crippen LogP contribution in [0.2, 0.25) is 0 Å². The van der Waals surface area contributed by atoms with Crippen LogP contribution in [0, 0.1) is 0 Å². The van der Waals surface area contributed by atoms with Gasteiger partial charge in [-0.3, -0.25) is 0 Å². The summed E-state index contributed by atoms with van der Waals surface area (Å²) < 4.78 is 5.66. The standard InChI is InChI=1S/C17H19ClOS/c18-13-15-7-9-16(10-8-15)14-20-12-4-11-19-17-5-2-1-3-6-17/h1-3,5-10H,4,11-14H2.